The highest BCUT2D eigenvalue weighted by atomic mass is 19.1. The van der Waals surface area contributed by atoms with Crippen molar-refractivity contribution in [2.75, 3.05) is 6.61 Å². The fraction of sp³-hybridized carbons (Fsp3) is 1.00. The molecule has 114 valence electrons. The molecular formula is C17H28FNO. The summed E-state index contributed by atoms with van der Waals surface area (Å²) in [5.74, 6) is 0.250. The van der Waals surface area contributed by atoms with Crippen LogP contribution in [0.2, 0.25) is 0 Å². The standard InChI is InChI=1S/C17H28FNO/c18-17(11-14-4-5-15(12-17)19-14)13-6-9-20-16(10-13)7-2-1-3-8-16/h13-15,19H,1-12H2. The highest BCUT2D eigenvalue weighted by molar-refractivity contribution is 5.05. The quantitative estimate of drug-likeness (QED) is 0.790. The molecule has 1 N–H and O–H groups in total. The summed E-state index contributed by atoms with van der Waals surface area (Å²) in [5.41, 5.74) is -0.866. The van der Waals surface area contributed by atoms with Crippen LogP contribution in [0, 0.1) is 5.92 Å². The molecule has 0 aromatic carbocycles. The van der Waals surface area contributed by atoms with Crippen molar-refractivity contribution in [3.05, 3.63) is 0 Å². The molecule has 4 fully saturated rings. The second-order valence-corrected chi connectivity index (χ2v) is 7.86. The summed E-state index contributed by atoms with van der Waals surface area (Å²) in [4.78, 5) is 0. The lowest BCUT2D eigenvalue weighted by Crippen LogP contribution is -2.54. The normalized spacial score (nSPS) is 47.5. The Hall–Kier alpha value is -0.150. The van der Waals surface area contributed by atoms with Gasteiger partial charge in [-0.25, -0.2) is 4.39 Å². The van der Waals surface area contributed by atoms with Crippen molar-refractivity contribution in [1.29, 1.82) is 0 Å². The summed E-state index contributed by atoms with van der Waals surface area (Å²) >= 11 is 0. The zero-order chi connectivity index (χ0) is 13.6. The highest BCUT2D eigenvalue weighted by Crippen LogP contribution is 2.50. The van der Waals surface area contributed by atoms with E-state index in [4.69, 9.17) is 4.74 Å². The third-order valence-corrected chi connectivity index (χ3v) is 6.50. The first kappa shape index (κ1) is 13.5. The highest BCUT2D eigenvalue weighted by Gasteiger charge is 2.52. The topological polar surface area (TPSA) is 21.3 Å². The van der Waals surface area contributed by atoms with Crippen LogP contribution in [0.4, 0.5) is 4.39 Å². The van der Waals surface area contributed by atoms with E-state index in [-0.39, 0.29) is 11.5 Å². The largest absolute Gasteiger partial charge is 0.375 e. The van der Waals surface area contributed by atoms with Crippen LogP contribution in [0.5, 0.6) is 0 Å². The number of fused-ring (bicyclic) bond motifs is 2. The van der Waals surface area contributed by atoms with Crippen LogP contribution in [-0.2, 0) is 4.74 Å². The first-order chi connectivity index (χ1) is 9.68. The molecule has 3 heterocycles. The van der Waals surface area contributed by atoms with Gasteiger partial charge in [0.15, 0.2) is 0 Å². The van der Waals surface area contributed by atoms with Crippen LogP contribution in [0.1, 0.15) is 70.6 Å². The molecular weight excluding hydrogens is 253 g/mol. The summed E-state index contributed by atoms with van der Waals surface area (Å²) in [7, 11) is 0. The molecule has 0 aromatic rings. The Balaban J connectivity index is 1.50. The average Bonchev–Trinajstić information content (AvgIpc) is 2.79. The van der Waals surface area contributed by atoms with Crippen molar-refractivity contribution in [2.24, 2.45) is 5.92 Å². The molecule has 4 aliphatic rings. The minimum absolute atomic E-state index is 0.0458. The van der Waals surface area contributed by atoms with Crippen molar-refractivity contribution in [3.8, 4) is 0 Å². The summed E-state index contributed by atoms with van der Waals surface area (Å²) in [6.07, 6.45) is 12.0. The van der Waals surface area contributed by atoms with Crippen molar-refractivity contribution in [3.63, 3.8) is 0 Å². The molecule has 1 spiro atoms. The summed E-state index contributed by atoms with van der Waals surface area (Å²) in [5, 5.41) is 3.58. The van der Waals surface area contributed by atoms with Gasteiger partial charge >= 0.3 is 0 Å². The molecule has 3 atom stereocenters. The summed E-state index contributed by atoms with van der Waals surface area (Å²) in [6, 6.07) is 0.896. The van der Waals surface area contributed by atoms with E-state index in [1.54, 1.807) is 0 Å². The minimum atomic E-state index is -0.911. The van der Waals surface area contributed by atoms with Crippen LogP contribution in [0.25, 0.3) is 0 Å². The van der Waals surface area contributed by atoms with Crippen LogP contribution < -0.4 is 5.32 Å². The smallest absolute Gasteiger partial charge is 0.117 e. The van der Waals surface area contributed by atoms with Gasteiger partial charge < -0.3 is 10.1 Å². The zero-order valence-electron chi connectivity index (χ0n) is 12.5. The second kappa shape index (κ2) is 4.95. The van der Waals surface area contributed by atoms with Gasteiger partial charge in [0.2, 0.25) is 0 Å². The van der Waals surface area contributed by atoms with Gasteiger partial charge in [-0.05, 0) is 57.3 Å². The van der Waals surface area contributed by atoms with Gasteiger partial charge in [-0.3, -0.25) is 0 Å². The fourth-order valence-corrected chi connectivity index (χ4v) is 5.47. The maximum atomic E-state index is 15.6. The first-order valence-electron chi connectivity index (χ1n) is 8.77. The molecule has 1 saturated carbocycles. The van der Waals surface area contributed by atoms with E-state index in [0.717, 1.165) is 32.3 Å². The van der Waals surface area contributed by atoms with Gasteiger partial charge in [0.25, 0.3) is 0 Å². The monoisotopic (exact) mass is 281 g/mol. The van der Waals surface area contributed by atoms with Gasteiger partial charge in [-0.2, -0.15) is 0 Å². The number of piperidine rings is 1. The average molecular weight is 281 g/mol. The second-order valence-electron chi connectivity index (χ2n) is 7.86. The summed E-state index contributed by atoms with van der Waals surface area (Å²) < 4.78 is 21.8. The lowest BCUT2D eigenvalue weighted by Gasteiger charge is -2.49. The van der Waals surface area contributed by atoms with Gasteiger partial charge in [-0.1, -0.05) is 19.3 Å². The lowest BCUT2D eigenvalue weighted by atomic mass is 9.68. The third-order valence-electron chi connectivity index (χ3n) is 6.50. The predicted molar refractivity (Wildman–Crippen MR) is 77.5 cm³/mol. The molecule has 1 aliphatic carbocycles. The fourth-order valence-electron chi connectivity index (χ4n) is 5.47. The maximum Gasteiger partial charge on any atom is 0.117 e. The Morgan fingerprint density at radius 3 is 2.30 bits per heavy atom. The van der Waals surface area contributed by atoms with Gasteiger partial charge in [0, 0.05) is 18.7 Å². The Bertz CT molecular complexity index is 348. The van der Waals surface area contributed by atoms with E-state index >= 15 is 4.39 Å². The molecule has 4 rings (SSSR count). The molecule has 3 aliphatic heterocycles. The number of hydrogen-bond donors (Lipinski definition) is 1. The van der Waals surface area contributed by atoms with E-state index in [1.807, 2.05) is 0 Å². The van der Waals surface area contributed by atoms with Gasteiger partial charge in [0.1, 0.15) is 5.67 Å². The third kappa shape index (κ3) is 2.31. The van der Waals surface area contributed by atoms with E-state index in [9.17, 15) is 0 Å². The van der Waals surface area contributed by atoms with Crippen molar-refractivity contribution in [1.82, 2.24) is 5.32 Å². The van der Waals surface area contributed by atoms with Crippen molar-refractivity contribution in [2.45, 2.75) is 94.0 Å². The van der Waals surface area contributed by atoms with E-state index in [2.05, 4.69) is 5.32 Å². The van der Waals surface area contributed by atoms with Gasteiger partial charge in [-0.15, -0.1) is 0 Å². The molecule has 3 heteroatoms. The summed E-state index contributed by atoms with van der Waals surface area (Å²) in [6.45, 7) is 0.791. The molecule has 0 aromatic heterocycles. The number of ether oxygens (including phenoxy) is 1. The molecule has 2 bridgehead atoms. The molecule has 20 heavy (non-hydrogen) atoms. The zero-order valence-corrected chi connectivity index (χ0v) is 12.5. The van der Waals surface area contributed by atoms with Crippen LogP contribution in [-0.4, -0.2) is 30.0 Å². The van der Waals surface area contributed by atoms with Crippen molar-refractivity contribution < 1.29 is 9.13 Å². The van der Waals surface area contributed by atoms with Crippen LogP contribution >= 0.6 is 0 Å². The Labute approximate surface area is 121 Å². The van der Waals surface area contributed by atoms with E-state index < -0.39 is 5.67 Å². The van der Waals surface area contributed by atoms with Crippen LogP contribution in [0.3, 0.4) is 0 Å². The predicted octanol–water partition coefficient (Wildman–Crippen LogP) is 3.74. The SMILES string of the molecule is FC1(C2CCOC3(CCCCC3)C2)CC2CCC(C1)N2. The Morgan fingerprint density at radius 2 is 1.60 bits per heavy atom. The first-order valence-corrected chi connectivity index (χ1v) is 8.77. The number of halogens is 1. The maximum absolute atomic E-state index is 15.6. The molecule has 2 nitrogen and oxygen atoms in total. The number of rotatable bonds is 1. The van der Waals surface area contributed by atoms with E-state index in [0.29, 0.717) is 12.1 Å². The van der Waals surface area contributed by atoms with Crippen LogP contribution in [0.15, 0.2) is 0 Å². The number of alkyl halides is 1. The van der Waals surface area contributed by atoms with Crippen molar-refractivity contribution >= 4 is 0 Å². The minimum Gasteiger partial charge on any atom is -0.375 e. The van der Waals surface area contributed by atoms with Gasteiger partial charge in [0.05, 0.1) is 5.60 Å². The Kier molecular flexibility index (Phi) is 3.34. The Morgan fingerprint density at radius 1 is 0.900 bits per heavy atom. The molecule has 0 amide bonds. The molecule has 3 unspecified atom stereocenters. The number of nitrogens with one attached hydrogen (secondary N) is 1. The van der Waals surface area contributed by atoms with E-state index in [1.165, 1.54) is 44.9 Å². The number of hydrogen-bond acceptors (Lipinski definition) is 2. The lowest BCUT2D eigenvalue weighted by molar-refractivity contribution is -0.146. The molecule has 0 radical (unpaired) electrons. The molecule has 3 saturated heterocycles.